The first-order valence-corrected chi connectivity index (χ1v) is 13.7. The van der Waals surface area contributed by atoms with Crippen molar-refractivity contribution >= 4 is 28.0 Å². The second kappa shape index (κ2) is 13.8. The Morgan fingerprint density at radius 3 is 1.57 bits per heavy atom. The largest absolute Gasteiger partial charge is 0.573 e. The van der Waals surface area contributed by atoms with Crippen LogP contribution in [0.1, 0.15) is 40.0 Å². The highest BCUT2D eigenvalue weighted by Crippen LogP contribution is 2.26. The molecule has 0 N–H and O–H groups in total. The molecular weight excluding hydrogens is 352 g/mol. The molecule has 0 saturated heterocycles. The summed E-state index contributed by atoms with van der Waals surface area (Å²) in [6.45, 7) is 7.77. The molecule has 0 bridgehead atoms. The van der Waals surface area contributed by atoms with E-state index in [9.17, 15) is 0 Å². The first-order chi connectivity index (χ1) is 11.1. The van der Waals surface area contributed by atoms with Gasteiger partial charge < -0.3 is 26.6 Å². The average Bonchev–Trinajstić information content (AvgIpc) is 2.56. The number of rotatable bonds is 16. The molecule has 0 aromatic heterocycles. The molecule has 0 saturated carbocycles. The van der Waals surface area contributed by atoms with Crippen LogP contribution in [0.4, 0.5) is 0 Å². The molecule has 0 aromatic rings. The molecular formula is C14H34O6SSi2. The van der Waals surface area contributed by atoms with E-state index in [-0.39, 0.29) is 0 Å². The van der Waals surface area contributed by atoms with Gasteiger partial charge in [0.1, 0.15) is 0 Å². The van der Waals surface area contributed by atoms with E-state index in [4.69, 9.17) is 26.6 Å². The maximum atomic E-state index is 5.83. The Labute approximate surface area is 147 Å². The van der Waals surface area contributed by atoms with E-state index in [1.54, 1.807) is 32.5 Å². The third-order valence-electron chi connectivity index (χ3n) is 3.30. The van der Waals surface area contributed by atoms with Crippen LogP contribution in [0.15, 0.2) is 0 Å². The van der Waals surface area contributed by atoms with Gasteiger partial charge in [-0.3, -0.25) is 0 Å². The monoisotopic (exact) mass is 386 g/mol. The highest BCUT2D eigenvalue weighted by atomic mass is 32.4. The van der Waals surface area contributed by atoms with Crippen molar-refractivity contribution in [3.05, 3.63) is 0 Å². The Kier molecular flexibility index (Phi) is 14.1. The van der Waals surface area contributed by atoms with Gasteiger partial charge in [-0.1, -0.05) is 17.6 Å². The van der Waals surface area contributed by atoms with Crippen molar-refractivity contribution in [1.82, 2.24) is 0 Å². The number of hydrogen-bond donors (Lipinski definition) is 0. The lowest BCUT2D eigenvalue weighted by molar-refractivity contribution is 0.0966. The van der Waals surface area contributed by atoms with Crippen LogP contribution >= 0.6 is 11.2 Å². The fourth-order valence-electron chi connectivity index (χ4n) is 2.15. The lowest BCUT2D eigenvalue weighted by Gasteiger charge is -2.27. The van der Waals surface area contributed by atoms with Gasteiger partial charge in [-0.2, -0.15) is 0 Å². The molecule has 23 heavy (non-hydrogen) atoms. The Morgan fingerprint density at radius 1 is 0.696 bits per heavy atom. The lowest BCUT2D eigenvalue weighted by atomic mass is 10.3. The molecule has 9 heteroatoms. The SMILES string of the molecule is CCO[Si](OCC)(OCC)SCCCCC[Si](OC)(OC)OC. The van der Waals surface area contributed by atoms with Crippen molar-refractivity contribution in [2.24, 2.45) is 0 Å². The quantitative estimate of drug-likeness (QED) is 0.298. The van der Waals surface area contributed by atoms with E-state index in [1.807, 2.05) is 20.8 Å². The highest BCUT2D eigenvalue weighted by Gasteiger charge is 2.42. The predicted molar refractivity (Wildman–Crippen MR) is 98.5 cm³/mol. The Hall–Kier alpha value is 0.544. The summed E-state index contributed by atoms with van der Waals surface area (Å²) in [4.78, 5) is 0. The van der Waals surface area contributed by atoms with Crippen molar-refractivity contribution in [2.75, 3.05) is 46.9 Å². The van der Waals surface area contributed by atoms with Crippen LogP contribution < -0.4 is 0 Å². The molecule has 0 radical (unpaired) electrons. The van der Waals surface area contributed by atoms with Gasteiger partial charge in [-0.25, -0.2) is 0 Å². The van der Waals surface area contributed by atoms with E-state index in [2.05, 4.69) is 0 Å². The van der Waals surface area contributed by atoms with Gasteiger partial charge in [0.05, 0.1) is 0 Å². The van der Waals surface area contributed by atoms with Crippen molar-refractivity contribution in [2.45, 2.75) is 46.1 Å². The molecule has 6 nitrogen and oxygen atoms in total. The fraction of sp³-hybridized carbons (Fsp3) is 1.00. The Bertz CT molecular complexity index is 257. The minimum atomic E-state index is -2.56. The van der Waals surface area contributed by atoms with Crippen LogP contribution in [0.2, 0.25) is 6.04 Å². The molecule has 0 amide bonds. The first kappa shape index (κ1) is 23.5. The second-order valence-corrected chi connectivity index (χ2v) is 12.8. The molecule has 0 heterocycles. The third-order valence-corrected chi connectivity index (χ3v) is 11.6. The maximum Gasteiger partial charge on any atom is 0.573 e. The molecule has 0 aliphatic carbocycles. The van der Waals surface area contributed by atoms with E-state index in [0.717, 1.165) is 31.1 Å². The van der Waals surface area contributed by atoms with Gasteiger partial charge in [-0.15, -0.1) is 0 Å². The smallest absolute Gasteiger partial charge is 0.377 e. The zero-order valence-electron chi connectivity index (χ0n) is 15.5. The number of hydrogen-bond acceptors (Lipinski definition) is 7. The zero-order valence-corrected chi connectivity index (χ0v) is 18.3. The summed E-state index contributed by atoms with van der Waals surface area (Å²) in [6.07, 6.45) is 3.19. The molecule has 0 aliphatic rings. The summed E-state index contributed by atoms with van der Waals surface area (Å²) in [5.74, 6) is 0.966. The second-order valence-electron chi connectivity index (χ2n) is 4.75. The van der Waals surface area contributed by atoms with E-state index >= 15 is 0 Å². The normalized spacial score (nSPS) is 12.8. The summed E-state index contributed by atoms with van der Waals surface area (Å²) in [5, 5.41) is 0. The Morgan fingerprint density at radius 2 is 1.17 bits per heavy atom. The molecule has 0 aromatic carbocycles. The van der Waals surface area contributed by atoms with E-state index in [0.29, 0.717) is 19.8 Å². The van der Waals surface area contributed by atoms with Crippen molar-refractivity contribution in [1.29, 1.82) is 0 Å². The van der Waals surface area contributed by atoms with Gasteiger partial charge in [0, 0.05) is 47.2 Å². The minimum Gasteiger partial charge on any atom is -0.377 e. The highest BCUT2D eigenvalue weighted by molar-refractivity contribution is 8.26. The Balaban J connectivity index is 4.15. The summed E-state index contributed by atoms with van der Waals surface area (Å²) < 4.78 is 33.8. The minimum absolute atomic E-state index is 0.614. The van der Waals surface area contributed by atoms with Gasteiger partial charge in [0.2, 0.25) is 0 Å². The van der Waals surface area contributed by atoms with Gasteiger partial charge in [0.25, 0.3) is 0 Å². The van der Waals surface area contributed by atoms with Crippen LogP contribution in [0, 0.1) is 0 Å². The zero-order chi connectivity index (χ0) is 17.6. The topological polar surface area (TPSA) is 55.4 Å². The van der Waals surface area contributed by atoms with Crippen LogP contribution in [0.5, 0.6) is 0 Å². The van der Waals surface area contributed by atoms with Crippen LogP contribution in [-0.4, -0.2) is 63.7 Å². The molecule has 0 unspecified atom stereocenters. The third kappa shape index (κ3) is 8.98. The van der Waals surface area contributed by atoms with Gasteiger partial charge >= 0.3 is 16.8 Å². The van der Waals surface area contributed by atoms with Crippen LogP contribution in [0.25, 0.3) is 0 Å². The summed E-state index contributed by atoms with van der Waals surface area (Å²) >= 11 is 1.71. The van der Waals surface area contributed by atoms with Crippen molar-refractivity contribution < 1.29 is 26.6 Å². The summed E-state index contributed by atoms with van der Waals surface area (Å²) in [6, 6.07) is 0.839. The van der Waals surface area contributed by atoms with Crippen LogP contribution in [-0.2, 0) is 26.6 Å². The molecule has 0 fully saturated rings. The molecule has 0 atom stereocenters. The molecule has 140 valence electrons. The molecule has 0 spiro atoms. The maximum absolute atomic E-state index is 5.83. The van der Waals surface area contributed by atoms with Crippen molar-refractivity contribution in [3.63, 3.8) is 0 Å². The summed E-state index contributed by atoms with van der Waals surface area (Å²) in [5.41, 5.74) is 0. The molecule has 0 aliphatic heterocycles. The van der Waals surface area contributed by atoms with Crippen LogP contribution in [0.3, 0.4) is 0 Å². The number of unbranched alkanes of at least 4 members (excludes halogenated alkanes) is 2. The standard InChI is InChI=1S/C14H34O6SSi2/c1-7-18-23(19-8-2,20-9-3)21-13-11-10-12-14-22(15-4,16-5)17-6/h7-14H2,1-6H3. The van der Waals surface area contributed by atoms with Gasteiger partial charge in [-0.05, 0) is 39.4 Å². The molecule has 0 rings (SSSR count). The van der Waals surface area contributed by atoms with E-state index in [1.165, 1.54) is 0 Å². The lowest BCUT2D eigenvalue weighted by Crippen LogP contribution is -2.43. The van der Waals surface area contributed by atoms with Gasteiger partial charge in [0.15, 0.2) is 0 Å². The fourth-order valence-corrected chi connectivity index (χ4v) is 9.10. The summed E-state index contributed by atoms with van der Waals surface area (Å²) in [7, 11) is -0.0240. The predicted octanol–water partition coefficient (Wildman–Crippen LogP) is 3.31. The average molecular weight is 387 g/mol. The van der Waals surface area contributed by atoms with E-state index < -0.39 is 16.8 Å². The van der Waals surface area contributed by atoms with Crippen molar-refractivity contribution in [3.8, 4) is 0 Å². The first-order valence-electron chi connectivity index (χ1n) is 8.28.